The Balaban J connectivity index is 1.49. The zero-order valence-electron chi connectivity index (χ0n) is 17.0. The lowest BCUT2D eigenvalue weighted by molar-refractivity contribution is -0.160. The maximum absolute atomic E-state index is 12.9. The van der Waals surface area contributed by atoms with Crippen molar-refractivity contribution in [1.82, 2.24) is 5.32 Å². The summed E-state index contributed by atoms with van der Waals surface area (Å²) in [5.74, 6) is -1.52. The zero-order chi connectivity index (χ0) is 21.1. The summed E-state index contributed by atoms with van der Waals surface area (Å²) in [6.45, 7) is 2.30. The van der Waals surface area contributed by atoms with E-state index in [9.17, 15) is 14.4 Å². The third-order valence-electron chi connectivity index (χ3n) is 5.62. The van der Waals surface area contributed by atoms with Gasteiger partial charge in [-0.2, -0.15) is 0 Å². The van der Waals surface area contributed by atoms with Crippen molar-refractivity contribution < 1.29 is 19.1 Å². The molecule has 1 N–H and O–H groups in total. The standard InChI is InChI=1S/C24H26N2O4/c1-2-16-8-6-7-11-20(16)26-15-18(14-21(26)27)24(29)30-22(17-9-4-3-5-10-17)23(28)25-19-12-13-19/h3-11,18-19,22H,2,12-15H2,1H3,(H,25,28)/t18-,22+/m0/s1. The van der Waals surface area contributed by atoms with Gasteiger partial charge in [0.25, 0.3) is 5.91 Å². The van der Waals surface area contributed by atoms with Crippen LogP contribution >= 0.6 is 0 Å². The van der Waals surface area contributed by atoms with Gasteiger partial charge in [0.2, 0.25) is 12.0 Å². The van der Waals surface area contributed by atoms with Crippen molar-refractivity contribution in [1.29, 1.82) is 0 Å². The Hall–Kier alpha value is -3.15. The van der Waals surface area contributed by atoms with Crippen LogP contribution < -0.4 is 10.2 Å². The molecule has 2 aromatic rings. The number of hydrogen-bond donors (Lipinski definition) is 1. The lowest BCUT2D eigenvalue weighted by Gasteiger charge is -2.21. The minimum Gasteiger partial charge on any atom is -0.447 e. The maximum atomic E-state index is 12.9. The molecule has 1 saturated heterocycles. The first-order chi connectivity index (χ1) is 14.6. The molecule has 2 aromatic carbocycles. The smallest absolute Gasteiger partial charge is 0.312 e. The number of esters is 1. The first-order valence-electron chi connectivity index (χ1n) is 10.5. The molecule has 2 aliphatic rings. The van der Waals surface area contributed by atoms with Crippen LogP contribution in [0.4, 0.5) is 5.69 Å². The normalized spacial score (nSPS) is 19.4. The minimum atomic E-state index is -1.01. The summed E-state index contributed by atoms with van der Waals surface area (Å²) in [6, 6.07) is 16.9. The van der Waals surface area contributed by atoms with Crippen LogP contribution in [0.5, 0.6) is 0 Å². The number of nitrogens with zero attached hydrogens (tertiary/aromatic N) is 1. The fourth-order valence-electron chi connectivity index (χ4n) is 3.79. The second kappa shape index (κ2) is 8.69. The first-order valence-corrected chi connectivity index (χ1v) is 10.5. The molecule has 1 aliphatic heterocycles. The van der Waals surface area contributed by atoms with Crippen molar-refractivity contribution in [2.24, 2.45) is 5.92 Å². The monoisotopic (exact) mass is 406 g/mol. The molecule has 0 spiro atoms. The van der Waals surface area contributed by atoms with Crippen LogP contribution in [-0.4, -0.2) is 30.4 Å². The van der Waals surface area contributed by atoms with Gasteiger partial charge in [0.05, 0.1) is 5.92 Å². The van der Waals surface area contributed by atoms with Crippen LogP contribution in [0.25, 0.3) is 0 Å². The van der Waals surface area contributed by atoms with E-state index >= 15 is 0 Å². The minimum absolute atomic E-state index is 0.0859. The molecule has 0 aromatic heterocycles. The number of amides is 2. The highest BCUT2D eigenvalue weighted by Gasteiger charge is 2.39. The molecule has 2 atom stereocenters. The number of aryl methyl sites for hydroxylation is 1. The van der Waals surface area contributed by atoms with Crippen LogP contribution in [0.15, 0.2) is 54.6 Å². The van der Waals surface area contributed by atoms with E-state index < -0.39 is 18.0 Å². The molecule has 1 heterocycles. The number of carbonyl (C=O) groups excluding carboxylic acids is 3. The average Bonchev–Trinajstić information content (AvgIpc) is 3.50. The number of ether oxygens (including phenoxy) is 1. The number of para-hydroxylation sites is 1. The molecular weight excluding hydrogens is 380 g/mol. The van der Waals surface area contributed by atoms with Crippen molar-refractivity contribution >= 4 is 23.5 Å². The van der Waals surface area contributed by atoms with E-state index in [0.29, 0.717) is 5.56 Å². The van der Waals surface area contributed by atoms with Crippen LogP contribution in [0.3, 0.4) is 0 Å². The quantitative estimate of drug-likeness (QED) is 0.717. The number of benzene rings is 2. The molecule has 4 rings (SSSR count). The number of carbonyl (C=O) groups is 3. The van der Waals surface area contributed by atoms with Crippen molar-refractivity contribution in [2.45, 2.75) is 44.8 Å². The van der Waals surface area contributed by atoms with Crippen LogP contribution in [0.1, 0.15) is 43.4 Å². The number of nitrogens with one attached hydrogen (secondary N) is 1. The summed E-state index contributed by atoms with van der Waals surface area (Å²) < 4.78 is 5.67. The summed E-state index contributed by atoms with van der Waals surface area (Å²) >= 11 is 0. The largest absolute Gasteiger partial charge is 0.447 e. The van der Waals surface area contributed by atoms with Gasteiger partial charge < -0.3 is 15.0 Å². The van der Waals surface area contributed by atoms with Gasteiger partial charge in [-0.25, -0.2) is 0 Å². The predicted molar refractivity (Wildman–Crippen MR) is 113 cm³/mol. The van der Waals surface area contributed by atoms with Crippen LogP contribution in [-0.2, 0) is 25.5 Å². The molecule has 2 fully saturated rings. The number of anilines is 1. The maximum Gasteiger partial charge on any atom is 0.312 e. The first kappa shape index (κ1) is 20.1. The average molecular weight is 406 g/mol. The highest BCUT2D eigenvalue weighted by molar-refractivity contribution is 6.00. The van der Waals surface area contributed by atoms with Crippen molar-refractivity contribution in [3.05, 3.63) is 65.7 Å². The Morgan fingerprint density at radius 2 is 1.80 bits per heavy atom. The Kier molecular flexibility index (Phi) is 5.84. The van der Waals surface area contributed by atoms with E-state index in [1.807, 2.05) is 49.4 Å². The van der Waals surface area contributed by atoms with E-state index in [4.69, 9.17) is 4.74 Å². The molecule has 6 heteroatoms. The molecule has 0 radical (unpaired) electrons. The third kappa shape index (κ3) is 4.37. The van der Waals surface area contributed by atoms with Gasteiger partial charge in [0.1, 0.15) is 0 Å². The van der Waals surface area contributed by atoms with Crippen molar-refractivity contribution in [3.63, 3.8) is 0 Å². The van der Waals surface area contributed by atoms with Crippen LogP contribution in [0.2, 0.25) is 0 Å². The molecule has 0 bridgehead atoms. The van der Waals surface area contributed by atoms with Gasteiger partial charge in [0, 0.05) is 30.3 Å². The summed E-state index contributed by atoms with van der Waals surface area (Å²) in [5.41, 5.74) is 2.53. The second-order valence-electron chi connectivity index (χ2n) is 7.90. The Labute approximate surface area is 176 Å². The molecule has 6 nitrogen and oxygen atoms in total. The third-order valence-corrected chi connectivity index (χ3v) is 5.62. The summed E-state index contributed by atoms with van der Waals surface area (Å²) in [4.78, 5) is 39.9. The fraction of sp³-hybridized carbons (Fsp3) is 0.375. The zero-order valence-corrected chi connectivity index (χ0v) is 17.0. The summed E-state index contributed by atoms with van der Waals surface area (Å²) in [5, 5.41) is 2.91. The highest BCUT2D eigenvalue weighted by atomic mass is 16.5. The van der Waals surface area contributed by atoms with E-state index in [2.05, 4.69) is 5.32 Å². The summed E-state index contributed by atoms with van der Waals surface area (Å²) in [7, 11) is 0. The SMILES string of the molecule is CCc1ccccc1N1C[C@@H](C(=O)O[C@@H](C(=O)NC2CC2)c2ccccc2)CC1=O. The van der Waals surface area contributed by atoms with Crippen LogP contribution in [0, 0.1) is 5.92 Å². The topological polar surface area (TPSA) is 75.7 Å². The van der Waals surface area contributed by atoms with E-state index in [1.54, 1.807) is 17.0 Å². The Morgan fingerprint density at radius 3 is 2.50 bits per heavy atom. The number of hydrogen-bond acceptors (Lipinski definition) is 4. The number of rotatable bonds is 7. The fourth-order valence-corrected chi connectivity index (χ4v) is 3.79. The van der Waals surface area contributed by atoms with Gasteiger partial charge in [-0.1, -0.05) is 55.5 Å². The van der Waals surface area contributed by atoms with E-state index in [0.717, 1.165) is 30.5 Å². The highest BCUT2D eigenvalue weighted by Crippen LogP contribution is 2.31. The predicted octanol–water partition coefficient (Wildman–Crippen LogP) is 3.17. The lowest BCUT2D eigenvalue weighted by Crippen LogP contribution is -2.35. The second-order valence-corrected chi connectivity index (χ2v) is 7.90. The molecule has 30 heavy (non-hydrogen) atoms. The molecule has 156 valence electrons. The molecule has 0 unspecified atom stereocenters. The van der Waals surface area contributed by atoms with Crippen molar-refractivity contribution in [2.75, 3.05) is 11.4 Å². The molecular formula is C24H26N2O4. The van der Waals surface area contributed by atoms with Gasteiger partial charge in [-0.3, -0.25) is 14.4 Å². The molecule has 2 amide bonds. The molecule has 1 saturated carbocycles. The lowest BCUT2D eigenvalue weighted by atomic mass is 10.1. The van der Waals surface area contributed by atoms with Gasteiger partial charge in [-0.05, 0) is 30.9 Å². The van der Waals surface area contributed by atoms with Crippen molar-refractivity contribution in [3.8, 4) is 0 Å². The van der Waals surface area contributed by atoms with Gasteiger partial charge >= 0.3 is 5.97 Å². The van der Waals surface area contributed by atoms with E-state index in [-0.39, 0.29) is 30.8 Å². The van der Waals surface area contributed by atoms with Gasteiger partial charge in [-0.15, -0.1) is 0 Å². The van der Waals surface area contributed by atoms with E-state index in [1.165, 1.54) is 0 Å². The molecule has 1 aliphatic carbocycles. The van der Waals surface area contributed by atoms with Gasteiger partial charge in [0.15, 0.2) is 0 Å². The summed E-state index contributed by atoms with van der Waals surface area (Å²) in [6.07, 6.45) is 1.77. The Morgan fingerprint density at radius 1 is 1.10 bits per heavy atom. The Bertz CT molecular complexity index is 939.